The number of nitrogens with zero attached hydrogens (tertiary/aromatic N) is 3. The number of hydrogen-bond donors (Lipinski definition) is 1. The Bertz CT molecular complexity index is 1480. The zero-order valence-electron chi connectivity index (χ0n) is 21.6. The van der Waals surface area contributed by atoms with E-state index in [0.717, 1.165) is 77.9 Å². The van der Waals surface area contributed by atoms with Crippen molar-refractivity contribution in [2.24, 2.45) is 0 Å². The maximum absolute atomic E-state index is 15.6. The number of benzene rings is 2. The molecule has 38 heavy (non-hydrogen) atoms. The Balaban J connectivity index is 1.57. The molecule has 0 spiro atoms. The number of aromatic carboxylic acids is 1. The predicted molar refractivity (Wildman–Crippen MR) is 145 cm³/mol. The number of hydrogen-bond acceptors (Lipinski definition) is 4. The molecule has 2 aliphatic rings. The standard InChI is InChI=1S/C31H32FN3O3/c1-38-23-7-9-24-22(16-23)19-34(18-20-10-12-33-13-11-20)14-15-35-28-17-21(31(36)37)6-8-26(28)29(30(24)35)25-4-2-3-5-27(25)32/h6-13,16-17,25,27H,2-5,14-15,18-19H2,1H3,(H,36,37)/t25-,27-/m1/s1. The Hall–Kier alpha value is -3.71. The molecule has 1 N–H and O–H groups in total. The van der Waals surface area contributed by atoms with E-state index in [1.165, 1.54) is 5.56 Å². The van der Waals surface area contributed by atoms with E-state index in [4.69, 9.17) is 4.74 Å². The Kier molecular flexibility index (Phi) is 6.62. The maximum Gasteiger partial charge on any atom is 0.335 e. The first-order valence-corrected chi connectivity index (χ1v) is 13.4. The molecule has 2 atom stereocenters. The smallest absolute Gasteiger partial charge is 0.335 e. The van der Waals surface area contributed by atoms with E-state index in [0.29, 0.717) is 13.0 Å². The van der Waals surface area contributed by atoms with Crippen molar-refractivity contribution in [1.29, 1.82) is 0 Å². The summed E-state index contributed by atoms with van der Waals surface area (Å²) in [5.74, 6) is -0.382. The van der Waals surface area contributed by atoms with Gasteiger partial charge >= 0.3 is 5.97 Å². The van der Waals surface area contributed by atoms with E-state index in [1.54, 1.807) is 19.2 Å². The molecule has 0 radical (unpaired) electrons. The topological polar surface area (TPSA) is 67.6 Å². The molecule has 0 amide bonds. The van der Waals surface area contributed by atoms with Gasteiger partial charge in [0, 0.05) is 61.0 Å². The summed E-state index contributed by atoms with van der Waals surface area (Å²) in [6.07, 6.45) is 5.99. The highest BCUT2D eigenvalue weighted by Crippen LogP contribution is 2.47. The van der Waals surface area contributed by atoms with Crippen LogP contribution in [0.2, 0.25) is 0 Å². The number of carboxylic acids is 1. The Morgan fingerprint density at radius 3 is 2.66 bits per heavy atom. The predicted octanol–water partition coefficient (Wildman–Crippen LogP) is 6.42. The number of methoxy groups -OCH3 is 1. The minimum Gasteiger partial charge on any atom is -0.497 e. The van der Waals surface area contributed by atoms with Crippen molar-refractivity contribution in [2.45, 2.75) is 57.4 Å². The molecule has 2 aromatic heterocycles. The van der Waals surface area contributed by atoms with Crippen LogP contribution < -0.4 is 4.74 Å². The van der Waals surface area contributed by atoms with Gasteiger partial charge in [-0.1, -0.05) is 18.9 Å². The van der Waals surface area contributed by atoms with E-state index >= 15 is 4.39 Å². The van der Waals surface area contributed by atoms with Gasteiger partial charge in [0.2, 0.25) is 0 Å². The molecule has 196 valence electrons. The number of halogens is 1. The van der Waals surface area contributed by atoms with Crippen molar-refractivity contribution < 1.29 is 19.0 Å². The summed E-state index contributed by atoms with van der Waals surface area (Å²) in [5.41, 5.74) is 6.52. The zero-order valence-corrected chi connectivity index (χ0v) is 21.6. The van der Waals surface area contributed by atoms with Crippen LogP contribution in [0.4, 0.5) is 4.39 Å². The van der Waals surface area contributed by atoms with Gasteiger partial charge in [-0.05, 0) is 72.0 Å². The fourth-order valence-electron chi connectivity index (χ4n) is 6.32. The lowest BCUT2D eigenvalue weighted by molar-refractivity contribution is 0.0697. The molecular weight excluding hydrogens is 481 g/mol. The first kappa shape index (κ1) is 24.6. The molecule has 2 aromatic carbocycles. The number of alkyl halides is 1. The van der Waals surface area contributed by atoms with E-state index in [-0.39, 0.29) is 11.5 Å². The minimum atomic E-state index is -0.958. The van der Waals surface area contributed by atoms with Crippen molar-refractivity contribution in [2.75, 3.05) is 13.7 Å². The molecule has 7 heteroatoms. The van der Waals surface area contributed by atoms with Crippen LogP contribution in [-0.4, -0.2) is 45.4 Å². The van der Waals surface area contributed by atoms with Crippen LogP contribution in [-0.2, 0) is 19.6 Å². The largest absolute Gasteiger partial charge is 0.497 e. The van der Waals surface area contributed by atoms with Crippen LogP contribution in [0.15, 0.2) is 60.9 Å². The quantitative estimate of drug-likeness (QED) is 0.334. The number of carbonyl (C=O) groups is 1. The van der Waals surface area contributed by atoms with Gasteiger partial charge in [0.25, 0.3) is 0 Å². The Labute approximate surface area is 221 Å². The monoisotopic (exact) mass is 513 g/mol. The Morgan fingerprint density at radius 2 is 1.89 bits per heavy atom. The fourth-order valence-corrected chi connectivity index (χ4v) is 6.32. The first-order valence-electron chi connectivity index (χ1n) is 13.4. The van der Waals surface area contributed by atoms with Crippen molar-refractivity contribution in [1.82, 2.24) is 14.5 Å². The number of fused-ring (bicyclic) bond motifs is 5. The van der Waals surface area contributed by atoms with Crippen molar-refractivity contribution in [3.8, 4) is 17.0 Å². The third kappa shape index (κ3) is 4.45. The van der Waals surface area contributed by atoms with E-state index in [9.17, 15) is 9.90 Å². The van der Waals surface area contributed by atoms with Crippen molar-refractivity contribution >= 4 is 16.9 Å². The van der Waals surface area contributed by atoms with Gasteiger partial charge in [0.15, 0.2) is 0 Å². The zero-order chi connectivity index (χ0) is 26.2. The second-order valence-corrected chi connectivity index (χ2v) is 10.4. The van der Waals surface area contributed by atoms with Crippen molar-refractivity contribution in [3.63, 3.8) is 0 Å². The number of rotatable bonds is 5. The summed E-state index contributed by atoms with van der Waals surface area (Å²) in [6.45, 7) is 2.92. The number of pyridine rings is 1. The maximum atomic E-state index is 15.6. The second kappa shape index (κ2) is 10.2. The highest BCUT2D eigenvalue weighted by molar-refractivity contribution is 5.98. The molecule has 1 saturated carbocycles. The Morgan fingerprint density at radius 1 is 1.08 bits per heavy atom. The fraction of sp³-hybridized carbons (Fsp3) is 0.355. The third-order valence-electron chi connectivity index (χ3n) is 8.16. The van der Waals surface area contributed by atoms with Crippen LogP contribution in [0.25, 0.3) is 22.2 Å². The lowest BCUT2D eigenvalue weighted by Crippen LogP contribution is -2.29. The summed E-state index contributed by atoms with van der Waals surface area (Å²) in [4.78, 5) is 18.5. The molecule has 1 aliphatic carbocycles. The lowest BCUT2D eigenvalue weighted by Gasteiger charge is -2.31. The average Bonchev–Trinajstić information content (AvgIpc) is 3.24. The third-order valence-corrected chi connectivity index (χ3v) is 8.16. The minimum absolute atomic E-state index is 0.208. The molecule has 3 heterocycles. The van der Waals surface area contributed by atoms with Crippen LogP contribution in [0, 0.1) is 0 Å². The van der Waals surface area contributed by atoms with E-state index in [2.05, 4.69) is 26.6 Å². The first-order chi connectivity index (χ1) is 18.5. The summed E-state index contributed by atoms with van der Waals surface area (Å²) in [6, 6.07) is 15.5. The molecular formula is C31H32FN3O3. The second-order valence-electron chi connectivity index (χ2n) is 10.4. The normalized spacial score (nSPS) is 19.8. The summed E-state index contributed by atoms with van der Waals surface area (Å²) in [7, 11) is 1.67. The van der Waals surface area contributed by atoms with Crippen LogP contribution in [0.5, 0.6) is 5.75 Å². The summed E-state index contributed by atoms with van der Waals surface area (Å²) in [5, 5.41) is 10.7. The van der Waals surface area contributed by atoms with E-state index in [1.807, 2.05) is 36.7 Å². The van der Waals surface area contributed by atoms with Gasteiger partial charge in [0.1, 0.15) is 11.9 Å². The molecule has 6 nitrogen and oxygen atoms in total. The molecule has 6 rings (SSSR count). The van der Waals surface area contributed by atoms with Crippen LogP contribution >= 0.6 is 0 Å². The molecule has 0 saturated heterocycles. The summed E-state index contributed by atoms with van der Waals surface area (Å²) < 4.78 is 23.4. The van der Waals surface area contributed by atoms with Gasteiger partial charge in [0.05, 0.1) is 18.4 Å². The molecule has 1 fully saturated rings. The SMILES string of the molecule is COc1ccc2c(c1)CN(Cc1ccncc1)CCn1c-2c([C@@H]2CCCC[C@H]2F)c2ccc(C(=O)O)cc21. The average molecular weight is 514 g/mol. The number of carboxylic acid groups (broad SMARTS) is 1. The van der Waals surface area contributed by atoms with Crippen LogP contribution in [0.3, 0.4) is 0 Å². The van der Waals surface area contributed by atoms with Gasteiger partial charge < -0.3 is 14.4 Å². The van der Waals surface area contributed by atoms with Gasteiger partial charge in [-0.15, -0.1) is 0 Å². The van der Waals surface area contributed by atoms with Gasteiger partial charge in [-0.2, -0.15) is 0 Å². The molecule has 0 bridgehead atoms. The molecule has 0 unspecified atom stereocenters. The van der Waals surface area contributed by atoms with Crippen LogP contribution in [0.1, 0.15) is 58.6 Å². The van der Waals surface area contributed by atoms with Crippen molar-refractivity contribution in [3.05, 3.63) is 83.2 Å². The van der Waals surface area contributed by atoms with Gasteiger partial charge in [-0.25, -0.2) is 9.18 Å². The number of aromatic nitrogens is 2. The highest BCUT2D eigenvalue weighted by atomic mass is 19.1. The summed E-state index contributed by atoms with van der Waals surface area (Å²) >= 11 is 0. The molecule has 1 aliphatic heterocycles. The van der Waals surface area contributed by atoms with E-state index < -0.39 is 12.1 Å². The number of ether oxygens (including phenoxy) is 1. The lowest BCUT2D eigenvalue weighted by atomic mass is 9.80. The molecule has 4 aromatic rings. The highest BCUT2D eigenvalue weighted by Gasteiger charge is 2.34. The van der Waals surface area contributed by atoms with Gasteiger partial charge in [-0.3, -0.25) is 9.88 Å².